The third-order valence-electron chi connectivity index (χ3n) is 3.54. The number of alkyl halides is 1. The molecule has 5 heteroatoms. The molecule has 2 aromatic heterocycles. The van der Waals surface area contributed by atoms with Crippen molar-refractivity contribution in [3.8, 4) is 16.5 Å². The highest BCUT2D eigenvalue weighted by atomic mass is 79.9. The monoisotopic (exact) mass is 390 g/mol. The van der Waals surface area contributed by atoms with E-state index in [4.69, 9.17) is 4.74 Å². The molecular weight excluding hydrogens is 372 g/mol. The van der Waals surface area contributed by atoms with E-state index in [0.29, 0.717) is 0 Å². The Labute approximate surface area is 148 Å². The molecule has 1 aromatic carbocycles. The van der Waals surface area contributed by atoms with Gasteiger partial charge in [-0.05, 0) is 43.2 Å². The second-order valence-corrected chi connectivity index (χ2v) is 7.14. The Hall–Kier alpha value is -1.46. The molecule has 0 aliphatic carbocycles. The fourth-order valence-corrected chi connectivity index (χ4v) is 3.70. The number of nitrogens with zero attached hydrogens (tertiary/aromatic N) is 2. The Kier molecular flexibility index (Phi) is 6.00. The van der Waals surface area contributed by atoms with Gasteiger partial charge in [-0.1, -0.05) is 34.8 Å². The summed E-state index contributed by atoms with van der Waals surface area (Å²) in [5.74, 6) is 0.925. The summed E-state index contributed by atoms with van der Waals surface area (Å²) in [6, 6.07) is 12.0. The number of aromatic nitrogens is 2. The predicted molar refractivity (Wildman–Crippen MR) is 101 cm³/mol. The van der Waals surface area contributed by atoms with Crippen LogP contribution < -0.4 is 4.74 Å². The number of thiazole rings is 1. The zero-order valence-corrected chi connectivity index (χ0v) is 15.3. The highest BCUT2D eigenvalue weighted by Gasteiger charge is 2.08. The zero-order valence-electron chi connectivity index (χ0n) is 12.9. The molecule has 3 aromatic rings. The molecule has 120 valence electrons. The van der Waals surface area contributed by atoms with Crippen molar-refractivity contribution in [1.29, 1.82) is 0 Å². The van der Waals surface area contributed by atoms with Crippen molar-refractivity contribution >= 4 is 37.5 Å². The number of benzene rings is 1. The van der Waals surface area contributed by atoms with E-state index in [2.05, 4.69) is 32.0 Å². The number of halogens is 1. The SMILES string of the molecule is BrCCCCCCOc1ccc2nc(-c3ccccn3)sc2c1. The van der Waals surface area contributed by atoms with Gasteiger partial charge in [0.15, 0.2) is 0 Å². The zero-order chi connectivity index (χ0) is 15.9. The smallest absolute Gasteiger partial charge is 0.143 e. The average molecular weight is 391 g/mol. The van der Waals surface area contributed by atoms with E-state index >= 15 is 0 Å². The summed E-state index contributed by atoms with van der Waals surface area (Å²) in [5, 5.41) is 2.04. The normalized spacial score (nSPS) is 11.0. The molecule has 2 heterocycles. The van der Waals surface area contributed by atoms with Gasteiger partial charge in [-0.15, -0.1) is 11.3 Å². The van der Waals surface area contributed by atoms with Crippen LogP contribution in [-0.2, 0) is 0 Å². The highest BCUT2D eigenvalue weighted by Crippen LogP contribution is 2.31. The Morgan fingerprint density at radius 2 is 1.96 bits per heavy atom. The maximum absolute atomic E-state index is 5.86. The second-order valence-electron chi connectivity index (χ2n) is 5.32. The number of unbranched alkanes of at least 4 members (excludes halogenated alkanes) is 3. The van der Waals surface area contributed by atoms with Crippen LogP contribution in [0.4, 0.5) is 0 Å². The quantitative estimate of drug-likeness (QED) is 0.365. The number of rotatable bonds is 8. The summed E-state index contributed by atoms with van der Waals surface area (Å²) < 4.78 is 7.00. The average Bonchev–Trinajstić information content (AvgIpc) is 3.02. The first kappa shape index (κ1) is 16.4. The van der Waals surface area contributed by atoms with Crippen LogP contribution in [-0.4, -0.2) is 21.9 Å². The van der Waals surface area contributed by atoms with Crippen molar-refractivity contribution in [1.82, 2.24) is 9.97 Å². The maximum atomic E-state index is 5.86. The van der Waals surface area contributed by atoms with E-state index in [-0.39, 0.29) is 0 Å². The van der Waals surface area contributed by atoms with Crippen molar-refractivity contribution < 1.29 is 4.74 Å². The molecule has 0 atom stereocenters. The Morgan fingerprint density at radius 1 is 1.04 bits per heavy atom. The first-order valence-corrected chi connectivity index (χ1v) is 9.81. The van der Waals surface area contributed by atoms with E-state index in [9.17, 15) is 0 Å². The first-order chi connectivity index (χ1) is 11.4. The van der Waals surface area contributed by atoms with E-state index in [1.165, 1.54) is 19.3 Å². The maximum Gasteiger partial charge on any atom is 0.143 e. The minimum absolute atomic E-state index is 0.777. The number of hydrogen-bond acceptors (Lipinski definition) is 4. The lowest BCUT2D eigenvalue weighted by molar-refractivity contribution is 0.305. The molecule has 0 fully saturated rings. The molecule has 0 aliphatic rings. The third kappa shape index (κ3) is 4.52. The van der Waals surface area contributed by atoms with Gasteiger partial charge in [-0.2, -0.15) is 0 Å². The molecule has 3 nitrogen and oxygen atoms in total. The Bertz CT molecular complexity index is 745. The summed E-state index contributed by atoms with van der Waals surface area (Å²) in [6.07, 6.45) is 6.62. The van der Waals surface area contributed by atoms with Gasteiger partial charge in [0.2, 0.25) is 0 Å². The van der Waals surface area contributed by atoms with Crippen LogP contribution >= 0.6 is 27.3 Å². The van der Waals surface area contributed by atoms with E-state index in [0.717, 1.165) is 45.0 Å². The van der Waals surface area contributed by atoms with Crippen molar-refractivity contribution in [2.75, 3.05) is 11.9 Å². The van der Waals surface area contributed by atoms with Crippen LogP contribution in [0.1, 0.15) is 25.7 Å². The van der Waals surface area contributed by atoms with Crippen molar-refractivity contribution in [3.05, 3.63) is 42.6 Å². The van der Waals surface area contributed by atoms with E-state index < -0.39 is 0 Å². The van der Waals surface area contributed by atoms with Crippen LogP contribution in [0.15, 0.2) is 42.6 Å². The third-order valence-corrected chi connectivity index (χ3v) is 5.14. The molecule has 23 heavy (non-hydrogen) atoms. The van der Waals surface area contributed by atoms with Crippen LogP contribution in [0.5, 0.6) is 5.75 Å². The fourth-order valence-electron chi connectivity index (χ4n) is 2.33. The van der Waals surface area contributed by atoms with Crippen LogP contribution in [0, 0.1) is 0 Å². The molecule has 0 bridgehead atoms. The standard InChI is InChI=1S/C18H19BrN2OS/c19-10-4-1-2-6-12-22-14-8-9-15-17(13-14)23-18(21-15)16-7-3-5-11-20-16/h3,5,7-9,11,13H,1-2,4,6,10,12H2. The number of ether oxygens (including phenoxy) is 1. The summed E-state index contributed by atoms with van der Waals surface area (Å²) in [5.41, 5.74) is 1.92. The van der Waals surface area contributed by atoms with Gasteiger partial charge in [0.05, 0.1) is 22.5 Å². The van der Waals surface area contributed by atoms with Gasteiger partial charge in [0, 0.05) is 11.5 Å². The molecule has 0 radical (unpaired) electrons. The highest BCUT2D eigenvalue weighted by molar-refractivity contribution is 9.09. The lowest BCUT2D eigenvalue weighted by atomic mass is 10.2. The van der Waals surface area contributed by atoms with Gasteiger partial charge in [-0.25, -0.2) is 4.98 Å². The fraction of sp³-hybridized carbons (Fsp3) is 0.333. The largest absolute Gasteiger partial charge is 0.494 e. The minimum atomic E-state index is 0.777. The van der Waals surface area contributed by atoms with Gasteiger partial charge in [0.1, 0.15) is 10.8 Å². The summed E-state index contributed by atoms with van der Waals surface area (Å²) in [7, 11) is 0. The summed E-state index contributed by atoms with van der Waals surface area (Å²) >= 11 is 5.11. The molecule has 0 amide bonds. The molecule has 0 saturated carbocycles. The van der Waals surface area contributed by atoms with Crippen LogP contribution in [0.3, 0.4) is 0 Å². The topological polar surface area (TPSA) is 35.0 Å². The number of pyridine rings is 1. The number of fused-ring (bicyclic) bond motifs is 1. The van der Waals surface area contributed by atoms with E-state index in [1.54, 1.807) is 17.5 Å². The van der Waals surface area contributed by atoms with Gasteiger partial charge < -0.3 is 4.74 Å². The van der Waals surface area contributed by atoms with Crippen molar-refractivity contribution in [2.45, 2.75) is 25.7 Å². The Morgan fingerprint density at radius 3 is 2.78 bits per heavy atom. The van der Waals surface area contributed by atoms with Crippen molar-refractivity contribution in [2.24, 2.45) is 0 Å². The lowest BCUT2D eigenvalue weighted by Crippen LogP contribution is -1.97. The second kappa shape index (κ2) is 8.41. The predicted octanol–water partition coefficient (Wildman–Crippen LogP) is 5.69. The van der Waals surface area contributed by atoms with Gasteiger partial charge in [-0.3, -0.25) is 4.98 Å². The summed E-state index contributed by atoms with van der Waals surface area (Å²) in [6.45, 7) is 0.777. The minimum Gasteiger partial charge on any atom is -0.494 e. The summed E-state index contributed by atoms with van der Waals surface area (Å²) in [4.78, 5) is 9.02. The molecule has 0 spiro atoms. The van der Waals surface area contributed by atoms with Crippen molar-refractivity contribution in [3.63, 3.8) is 0 Å². The number of hydrogen-bond donors (Lipinski definition) is 0. The first-order valence-electron chi connectivity index (χ1n) is 7.87. The molecule has 0 N–H and O–H groups in total. The lowest BCUT2D eigenvalue weighted by Gasteiger charge is -2.05. The molecule has 0 saturated heterocycles. The molecular formula is C18H19BrN2OS. The van der Waals surface area contributed by atoms with Crippen LogP contribution in [0.2, 0.25) is 0 Å². The van der Waals surface area contributed by atoms with Crippen LogP contribution in [0.25, 0.3) is 20.9 Å². The van der Waals surface area contributed by atoms with Gasteiger partial charge in [0.25, 0.3) is 0 Å². The molecule has 3 rings (SSSR count). The van der Waals surface area contributed by atoms with E-state index in [1.807, 2.05) is 30.3 Å². The Balaban J connectivity index is 1.63. The molecule has 0 aliphatic heterocycles. The molecule has 0 unspecified atom stereocenters. The van der Waals surface area contributed by atoms with Gasteiger partial charge >= 0.3 is 0 Å².